The molecule has 1 aromatic rings. The van der Waals surface area contributed by atoms with Gasteiger partial charge >= 0.3 is 12.0 Å². The van der Waals surface area contributed by atoms with Crippen LogP contribution < -0.4 is 10.6 Å². The first-order chi connectivity index (χ1) is 9.02. The molecule has 1 aliphatic heterocycles. The Morgan fingerprint density at radius 3 is 2.53 bits per heavy atom. The van der Waals surface area contributed by atoms with Gasteiger partial charge in [0.25, 0.3) is 0 Å². The molecule has 0 saturated heterocycles. The quantitative estimate of drug-likeness (QED) is 0.798. The molecule has 1 atom stereocenters. The number of amides is 2. The van der Waals surface area contributed by atoms with Crippen molar-refractivity contribution in [3.05, 3.63) is 46.9 Å². The topological polar surface area (TPSA) is 67.4 Å². The molecule has 6 heteroatoms. The van der Waals surface area contributed by atoms with Gasteiger partial charge in [0.2, 0.25) is 0 Å². The van der Waals surface area contributed by atoms with Gasteiger partial charge in [-0.2, -0.15) is 0 Å². The molecule has 0 unspecified atom stereocenters. The van der Waals surface area contributed by atoms with Crippen LogP contribution in [0.3, 0.4) is 0 Å². The zero-order valence-electron chi connectivity index (χ0n) is 10.5. The van der Waals surface area contributed by atoms with Gasteiger partial charge in [-0.1, -0.05) is 12.1 Å². The number of nitrogens with one attached hydrogen (secondary N) is 2. The molecule has 2 N–H and O–H groups in total. The monoisotopic (exact) mass is 264 g/mol. The van der Waals surface area contributed by atoms with Crippen molar-refractivity contribution in [2.45, 2.75) is 13.0 Å². The number of rotatable bonds is 2. The van der Waals surface area contributed by atoms with E-state index in [1.54, 1.807) is 6.92 Å². The van der Waals surface area contributed by atoms with Crippen molar-refractivity contribution in [1.29, 1.82) is 0 Å². The molecule has 1 aliphatic rings. The highest BCUT2D eigenvalue weighted by Gasteiger charge is 2.31. The lowest BCUT2D eigenvalue weighted by Crippen LogP contribution is -2.45. The fraction of sp³-hybridized carbons (Fsp3) is 0.231. The maximum Gasteiger partial charge on any atom is 0.337 e. The van der Waals surface area contributed by atoms with Crippen LogP contribution in [0.5, 0.6) is 0 Å². The van der Waals surface area contributed by atoms with Crippen LogP contribution in [0.1, 0.15) is 18.5 Å². The third-order valence-electron chi connectivity index (χ3n) is 2.88. The van der Waals surface area contributed by atoms with Crippen LogP contribution in [0.2, 0.25) is 0 Å². The van der Waals surface area contributed by atoms with Crippen molar-refractivity contribution in [2.75, 3.05) is 7.11 Å². The van der Waals surface area contributed by atoms with Crippen LogP contribution in [0.15, 0.2) is 35.5 Å². The van der Waals surface area contributed by atoms with Crippen LogP contribution in [-0.4, -0.2) is 19.1 Å². The minimum Gasteiger partial charge on any atom is -0.466 e. The number of carbonyl (C=O) groups is 2. The molecule has 0 fully saturated rings. The molecular formula is C13H13FN2O3. The molecule has 0 spiro atoms. The molecule has 1 aromatic carbocycles. The Labute approximate surface area is 109 Å². The molecule has 5 nitrogen and oxygen atoms in total. The van der Waals surface area contributed by atoms with Crippen LogP contribution in [0, 0.1) is 5.82 Å². The van der Waals surface area contributed by atoms with E-state index in [1.807, 2.05) is 0 Å². The summed E-state index contributed by atoms with van der Waals surface area (Å²) in [4.78, 5) is 23.3. The predicted octanol–water partition coefficient (Wildman–Crippen LogP) is 1.63. The third-order valence-corrected chi connectivity index (χ3v) is 2.88. The minimum absolute atomic E-state index is 0.300. The number of esters is 1. The Hall–Kier alpha value is -2.37. The van der Waals surface area contributed by atoms with Crippen molar-refractivity contribution in [3.8, 4) is 0 Å². The van der Waals surface area contributed by atoms with Gasteiger partial charge in [0.05, 0.1) is 18.7 Å². The van der Waals surface area contributed by atoms with E-state index >= 15 is 0 Å². The lowest BCUT2D eigenvalue weighted by atomic mass is 9.95. The number of benzene rings is 1. The molecule has 0 aliphatic carbocycles. The summed E-state index contributed by atoms with van der Waals surface area (Å²) < 4.78 is 17.6. The van der Waals surface area contributed by atoms with Crippen molar-refractivity contribution in [2.24, 2.45) is 0 Å². The molecule has 0 radical (unpaired) electrons. The maximum absolute atomic E-state index is 12.9. The predicted molar refractivity (Wildman–Crippen MR) is 65.5 cm³/mol. The number of allylic oxidation sites excluding steroid dienone is 1. The summed E-state index contributed by atoms with van der Waals surface area (Å²) >= 11 is 0. The Morgan fingerprint density at radius 2 is 1.95 bits per heavy atom. The number of hydrogen-bond donors (Lipinski definition) is 2. The van der Waals surface area contributed by atoms with Gasteiger partial charge in [-0.15, -0.1) is 0 Å². The zero-order valence-corrected chi connectivity index (χ0v) is 10.5. The number of carbonyl (C=O) groups excluding carboxylic acids is 2. The minimum atomic E-state index is -0.651. The summed E-state index contributed by atoms with van der Waals surface area (Å²) in [6, 6.07) is 4.51. The Bertz CT molecular complexity index is 552. The SMILES string of the molecule is COC(=O)C1=C(C)NC(=O)N[C@@H]1c1ccc(F)cc1. The lowest BCUT2D eigenvalue weighted by Gasteiger charge is -2.27. The number of ether oxygens (including phenoxy) is 1. The Balaban J connectivity index is 2.46. The second-order valence-electron chi connectivity index (χ2n) is 4.11. The molecule has 0 aromatic heterocycles. The zero-order chi connectivity index (χ0) is 14.0. The number of urea groups is 1. The van der Waals surface area contributed by atoms with E-state index < -0.39 is 18.0 Å². The van der Waals surface area contributed by atoms with E-state index in [0.29, 0.717) is 16.8 Å². The van der Waals surface area contributed by atoms with Crippen molar-refractivity contribution >= 4 is 12.0 Å². The van der Waals surface area contributed by atoms with Crippen molar-refractivity contribution < 1.29 is 18.7 Å². The van der Waals surface area contributed by atoms with Gasteiger partial charge in [-0.05, 0) is 24.6 Å². The molecule has 0 saturated carbocycles. The molecule has 0 bridgehead atoms. The van der Waals surface area contributed by atoms with Gasteiger partial charge in [0.1, 0.15) is 5.82 Å². The normalized spacial score (nSPS) is 18.7. The van der Waals surface area contributed by atoms with Crippen LogP contribution >= 0.6 is 0 Å². The molecule has 2 rings (SSSR count). The summed E-state index contributed by atoms with van der Waals surface area (Å²) in [6.07, 6.45) is 0. The second-order valence-corrected chi connectivity index (χ2v) is 4.11. The summed E-state index contributed by atoms with van der Waals surface area (Å²) in [5.41, 5.74) is 1.33. The summed E-state index contributed by atoms with van der Waals surface area (Å²) in [7, 11) is 1.26. The van der Waals surface area contributed by atoms with Gasteiger partial charge in [0, 0.05) is 5.70 Å². The average molecular weight is 264 g/mol. The average Bonchev–Trinajstić information content (AvgIpc) is 2.38. The van der Waals surface area contributed by atoms with Crippen molar-refractivity contribution in [3.63, 3.8) is 0 Å². The Morgan fingerprint density at radius 1 is 1.32 bits per heavy atom. The smallest absolute Gasteiger partial charge is 0.337 e. The fourth-order valence-corrected chi connectivity index (χ4v) is 1.98. The molecule has 1 heterocycles. The van der Waals surface area contributed by atoms with E-state index in [2.05, 4.69) is 10.6 Å². The first kappa shape index (κ1) is 13.1. The molecule has 19 heavy (non-hydrogen) atoms. The second kappa shape index (κ2) is 5.09. The van der Waals surface area contributed by atoms with Gasteiger partial charge in [0.15, 0.2) is 0 Å². The highest BCUT2D eigenvalue weighted by molar-refractivity contribution is 5.94. The van der Waals surface area contributed by atoms with Gasteiger partial charge in [-0.3, -0.25) is 0 Å². The summed E-state index contributed by atoms with van der Waals surface area (Å²) in [5, 5.41) is 5.13. The van der Waals surface area contributed by atoms with Crippen molar-refractivity contribution in [1.82, 2.24) is 10.6 Å². The van der Waals surface area contributed by atoms with E-state index in [-0.39, 0.29) is 5.82 Å². The fourth-order valence-electron chi connectivity index (χ4n) is 1.98. The number of halogens is 1. The van der Waals surface area contributed by atoms with E-state index in [1.165, 1.54) is 31.4 Å². The standard InChI is InChI=1S/C13H13FN2O3/c1-7-10(12(17)19-2)11(16-13(18)15-7)8-3-5-9(14)6-4-8/h3-6,11H,1-2H3,(H2,15,16,18)/t11-/m1/s1. The van der Waals surface area contributed by atoms with Gasteiger partial charge < -0.3 is 15.4 Å². The molecular weight excluding hydrogens is 251 g/mol. The number of methoxy groups -OCH3 is 1. The number of hydrogen-bond acceptors (Lipinski definition) is 3. The first-order valence-electron chi connectivity index (χ1n) is 5.65. The summed E-state index contributed by atoms with van der Waals surface area (Å²) in [6.45, 7) is 1.61. The highest BCUT2D eigenvalue weighted by Crippen LogP contribution is 2.27. The largest absolute Gasteiger partial charge is 0.466 e. The maximum atomic E-state index is 12.9. The summed E-state index contributed by atoms with van der Waals surface area (Å²) in [5.74, 6) is -0.927. The molecule has 100 valence electrons. The van der Waals surface area contributed by atoms with E-state index in [0.717, 1.165) is 0 Å². The molecule has 2 amide bonds. The van der Waals surface area contributed by atoms with E-state index in [9.17, 15) is 14.0 Å². The lowest BCUT2D eigenvalue weighted by molar-refractivity contribution is -0.136. The van der Waals surface area contributed by atoms with Crippen LogP contribution in [0.4, 0.5) is 9.18 Å². The van der Waals surface area contributed by atoms with Gasteiger partial charge in [-0.25, -0.2) is 14.0 Å². The Kier molecular flexibility index (Phi) is 3.50. The van der Waals surface area contributed by atoms with Crippen LogP contribution in [-0.2, 0) is 9.53 Å². The van der Waals surface area contributed by atoms with E-state index in [4.69, 9.17) is 4.74 Å². The van der Waals surface area contributed by atoms with Crippen LogP contribution in [0.25, 0.3) is 0 Å². The first-order valence-corrected chi connectivity index (χ1v) is 5.65. The third kappa shape index (κ3) is 2.57. The highest BCUT2D eigenvalue weighted by atomic mass is 19.1.